The van der Waals surface area contributed by atoms with Gasteiger partial charge in [-0.3, -0.25) is 0 Å². The Balaban J connectivity index is 0.00000162. The maximum atomic E-state index is 5.89. The molecule has 3 N–H and O–H groups in total. The molecule has 0 bridgehead atoms. The van der Waals surface area contributed by atoms with Gasteiger partial charge in [0.1, 0.15) is 11.1 Å². The lowest BCUT2D eigenvalue weighted by molar-refractivity contribution is 0.175. The molecule has 0 amide bonds. The van der Waals surface area contributed by atoms with Gasteiger partial charge in [0.15, 0.2) is 0 Å². The minimum atomic E-state index is 0. The van der Waals surface area contributed by atoms with E-state index < -0.39 is 0 Å². The van der Waals surface area contributed by atoms with Crippen LogP contribution in [0.2, 0.25) is 0 Å². The van der Waals surface area contributed by atoms with Crippen molar-refractivity contribution >= 4 is 29.6 Å². The lowest BCUT2D eigenvalue weighted by Gasteiger charge is -2.18. The zero-order valence-electron chi connectivity index (χ0n) is 11.0. The SMILES string of the molecule is CN(C)CCC1CNC(=S)c2cccnc2O1.Cl.O. The fourth-order valence-electron chi connectivity index (χ4n) is 1.72. The van der Waals surface area contributed by atoms with Gasteiger partial charge in [-0.2, -0.15) is 0 Å². The van der Waals surface area contributed by atoms with Crippen molar-refractivity contribution in [3.05, 3.63) is 23.9 Å². The fraction of sp³-hybridized carbons (Fsp3) is 0.500. The molecule has 0 fully saturated rings. The van der Waals surface area contributed by atoms with E-state index in [-0.39, 0.29) is 24.0 Å². The second-order valence-corrected chi connectivity index (χ2v) is 4.81. The van der Waals surface area contributed by atoms with Crippen LogP contribution in [-0.4, -0.2) is 53.6 Å². The molecule has 1 aliphatic rings. The molecule has 5 nitrogen and oxygen atoms in total. The molecule has 1 atom stereocenters. The molecule has 0 aliphatic carbocycles. The molecule has 0 saturated heterocycles. The Morgan fingerprint density at radius 2 is 2.26 bits per heavy atom. The van der Waals surface area contributed by atoms with Crippen LogP contribution in [0.1, 0.15) is 12.0 Å². The van der Waals surface area contributed by atoms with E-state index in [1.165, 1.54) is 0 Å². The molecule has 2 rings (SSSR count). The molecule has 19 heavy (non-hydrogen) atoms. The molecule has 0 spiro atoms. The summed E-state index contributed by atoms with van der Waals surface area (Å²) >= 11 is 5.29. The Morgan fingerprint density at radius 3 is 2.95 bits per heavy atom. The standard InChI is InChI=1S/C12H17N3OS.ClH.H2O/c1-15(2)7-5-9-8-14-12(17)10-4-3-6-13-11(10)16-9;;/h3-4,6,9H,5,7-8H2,1-2H3,(H,14,17);1H;1H2. The third-order valence-electron chi connectivity index (χ3n) is 2.68. The van der Waals surface area contributed by atoms with Crippen molar-refractivity contribution in [1.29, 1.82) is 0 Å². The average Bonchev–Trinajstić information content (AvgIpc) is 2.47. The van der Waals surface area contributed by atoms with Crippen LogP contribution in [0.25, 0.3) is 0 Å². The summed E-state index contributed by atoms with van der Waals surface area (Å²) in [5.41, 5.74) is 0.884. The second kappa shape index (κ2) is 8.27. The molecular formula is C12H20ClN3O2S. The van der Waals surface area contributed by atoms with Crippen molar-refractivity contribution in [3.63, 3.8) is 0 Å². The summed E-state index contributed by atoms with van der Waals surface area (Å²) in [4.78, 5) is 7.11. The Morgan fingerprint density at radius 1 is 1.53 bits per heavy atom. The molecule has 0 aromatic carbocycles. The lowest BCUT2D eigenvalue weighted by Crippen LogP contribution is -2.33. The van der Waals surface area contributed by atoms with Gasteiger partial charge < -0.3 is 20.4 Å². The highest BCUT2D eigenvalue weighted by Gasteiger charge is 2.20. The fourth-order valence-corrected chi connectivity index (χ4v) is 1.96. The number of hydrogen-bond acceptors (Lipinski definition) is 4. The van der Waals surface area contributed by atoms with Crippen LogP contribution in [0, 0.1) is 0 Å². The highest BCUT2D eigenvalue weighted by molar-refractivity contribution is 7.80. The molecule has 1 aromatic rings. The van der Waals surface area contributed by atoms with Crippen molar-refractivity contribution < 1.29 is 10.2 Å². The predicted molar refractivity (Wildman–Crippen MR) is 82.4 cm³/mol. The first-order valence-electron chi connectivity index (χ1n) is 5.71. The smallest absolute Gasteiger partial charge is 0.224 e. The minimum Gasteiger partial charge on any atom is -0.472 e. The van der Waals surface area contributed by atoms with Gasteiger partial charge in [0.05, 0.1) is 12.1 Å². The summed E-state index contributed by atoms with van der Waals surface area (Å²) in [6, 6.07) is 3.81. The predicted octanol–water partition coefficient (Wildman–Crippen LogP) is 0.657. The first-order valence-corrected chi connectivity index (χ1v) is 6.12. The maximum Gasteiger partial charge on any atom is 0.224 e. The van der Waals surface area contributed by atoms with Crippen LogP contribution < -0.4 is 10.1 Å². The van der Waals surface area contributed by atoms with E-state index in [9.17, 15) is 0 Å². The van der Waals surface area contributed by atoms with Crippen LogP contribution in [0.15, 0.2) is 18.3 Å². The monoisotopic (exact) mass is 305 g/mol. The maximum absolute atomic E-state index is 5.89. The lowest BCUT2D eigenvalue weighted by atomic mass is 10.2. The number of aromatic nitrogens is 1. The number of ether oxygens (including phenoxy) is 1. The normalized spacial score (nSPS) is 17.2. The van der Waals surface area contributed by atoms with Gasteiger partial charge in [0, 0.05) is 12.7 Å². The van der Waals surface area contributed by atoms with E-state index in [2.05, 4.69) is 29.3 Å². The van der Waals surface area contributed by atoms with Crippen molar-refractivity contribution in [3.8, 4) is 5.88 Å². The zero-order valence-corrected chi connectivity index (χ0v) is 12.7. The first-order chi connectivity index (χ1) is 8.16. The molecule has 1 aromatic heterocycles. The molecule has 108 valence electrons. The number of nitrogens with one attached hydrogen (secondary N) is 1. The molecule has 1 unspecified atom stereocenters. The van der Waals surface area contributed by atoms with E-state index in [0.29, 0.717) is 5.88 Å². The minimum absolute atomic E-state index is 0. The number of nitrogens with zero attached hydrogens (tertiary/aromatic N) is 2. The van der Waals surface area contributed by atoms with Crippen LogP contribution >= 0.6 is 24.6 Å². The highest BCUT2D eigenvalue weighted by atomic mass is 35.5. The van der Waals surface area contributed by atoms with E-state index in [0.717, 1.165) is 30.1 Å². The summed E-state index contributed by atoms with van der Waals surface area (Å²) in [5.74, 6) is 0.645. The summed E-state index contributed by atoms with van der Waals surface area (Å²) in [7, 11) is 4.11. The van der Waals surface area contributed by atoms with Crippen molar-refractivity contribution in [2.75, 3.05) is 27.2 Å². The number of fused-ring (bicyclic) bond motifs is 1. The van der Waals surface area contributed by atoms with Crippen LogP contribution in [0.4, 0.5) is 0 Å². The topological polar surface area (TPSA) is 68.9 Å². The van der Waals surface area contributed by atoms with E-state index in [1.807, 2.05) is 12.1 Å². The third-order valence-corrected chi connectivity index (χ3v) is 3.05. The average molecular weight is 306 g/mol. The molecule has 7 heteroatoms. The van der Waals surface area contributed by atoms with Gasteiger partial charge in [0.2, 0.25) is 5.88 Å². The van der Waals surface area contributed by atoms with Crippen LogP contribution in [-0.2, 0) is 0 Å². The number of halogens is 1. The van der Waals surface area contributed by atoms with Crippen LogP contribution in [0.3, 0.4) is 0 Å². The van der Waals surface area contributed by atoms with Gasteiger partial charge in [-0.15, -0.1) is 12.4 Å². The largest absolute Gasteiger partial charge is 0.472 e. The quantitative estimate of drug-likeness (QED) is 0.831. The highest BCUT2D eigenvalue weighted by Crippen LogP contribution is 2.19. The Kier molecular flexibility index (Phi) is 7.85. The number of pyridine rings is 1. The Labute approximate surface area is 125 Å². The van der Waals surface area contributed by atoms with E-state index in [1.54, 1.807) is 6.20 Å². The van der Waals surface area contributed by atoms with Gasteiger partial charge in [0.25, 0.3) is 0 Å². The van der Waals surface area contributed by atoms with Gasteiger partial charge in [-0.05, 0) is 32.6 Å². The first kappa shape index (κ1) is 18.0. The molecule has 0 radical (unpaired) electrons. The van der Waals surface area contributed by atoms with Gasteiger partial charge >= 0.3 is 0 Å². The van der Waals surface area contributed by atoms with Crippen molar-refractivity contribution in [1.82, 2.24) is 15.2 Å². The zero-order chi connectivity index (χ0) is 12.3. The molecule has 2 heterocycles. The summed E-state index contributed by atoms with van der Waals surface area (Å²) in [5, 5.41) is 3.22. The summed E-state index contributed by atoms with van der Waals surface area (Å²) in [6.07, 6.45) is 2.81. The number of thiocarbonyl (C=S) groups is 1. The van der Waals surface area contributed by atoms with Crippen molar-refractivity contribution in [2.45, 2.75) is 12.5 Å². The summed E-state index contributed by atoms with van der Waals surface area (Å²) < 4.78 is 5.89. The number of rotatable bonds is 3. The molecule has 0 saturated carbocycles. The van der Waals surface area contributed by atoms with Crippen molar-refractivity contribution in [2.24, 2.45) is 0 Å². The molecular weight excluding hydrogens is 286 g/mol. The Bertz CT molecular complexity index is 418. The third kappa shape index (κ3) is 4.91. The van der Waals surface area contributed by atoms with Crippen LogP contribution in [0.5, 0.6) is 5.88 Å². The Hall–Kier alpha value is -0.950. The van der Waals surface area contributed by atoms with Gasteiger partial charge in [-0.1, -0.05) is 12.2 Å². The van der Waals surface area contributed by atoms with E-state index in [4.69, 9.17) is 17.0 Å². The number of hydrogen-bond donors (Lipinski definition) is 1. The van der Waals surface area contributed by atoms with Gasteiger partial charge in [-0.25, -0.2) is 4.98 Å². The second-order valence-electron chi connectivity index (χ2n) is 4.40. The van der Waals surface area contributed by atoms with E-state index >= 15 is 0 Å². The summed E-state index contributed by atoms with van der Waals surface area (Å²) in [6.45, 7) is 1.73. The molecule has 1 aliphatic heterocycles.